The van der Waals surface area contributed by atoms with Gasteiger partial charge in [0.25, 0.3) is 0 Å². The highest BCUT2D eigenvalue weighted by Crippen LogP contribution is 2.00. The van der Waals surface area contributed by atoms with Gasteiger partial charge in [0.1, 0.15) is 0 Å². The average molecular weight is 178 g/mol. The number of hydrogen-bond acceptors (Lipinski definition) is 3. The number of hydroxylamine groups is 2. The van der Waals surface area contributed by atoms with Crippen molar-refractivity contribution >= 4 is 6.29 Å². The van der Waals surface area contributed by atoms with Gasteiger partial charge in [-0.05, 0) is 5.56 Å². The lowest BCUT2D eigenvalue weighted by molar-refractivity contribution is -0.139. The van der Waals surface area contributed by atoms with Crippen molar-refractivity contribution in [1.29, 1.82) is 0 Å². The summed E-state index contributed by atoms with van der Waals surface area (Å²) in [7, 11) is 1.70. The van der Waals surface area contributed by atoms with Crippen LogP contribution in [0.4, 0.5) is 0 Å². The molecular weight excluding hydrogens is 166 g/mol. The second-order valence-corrected chi connectivity index (χ2v) is 2.69. The standard InChI is InChI=1S/C10H12NO2/c1-11(7-8-12)13-9-10-5-3-2-4-6-10/h2-6H,7,9H2,1H3. The second-order valence-electron chi connectivity index (χ2n) is 2.69. The molecule has 0 atom stereocenters. The Labute approximate surface area is 77.9 Å². The van der Waals surface area contributed by atoms with Crippen LogP contribution < -0.4 is 0 Å². The molecule has 0 aliphatic rings. The van der Waals surface area contributed by atoms with Gasteiger partial charge in [-0.1, -0.05) is 30.3 Å². The van der Waals surface area contributed by atoms with Gasteiger partial charge < -0.3 is 0 Å². The first-order chi connectivity index (χ1) is 6.33. The molecule has 0 fully saturated rings. The molecule has 0 aliphatic heterocycles. The van der Waals surface area contributed by atoms with Crippen LogP contribution in [0.25, 0.3) is 0 Å². The summed E-state index contributed by atoms with van der Waals surface area (Å²) in [4.78, 5) is 15.2. The Balaban J connectivity index is 2.30. The van der Waals surface area contributed by atoms with Crippen LogP contribution >= 0.6 is 0 Å². The van der Waals surface area contributed by atoms with Gasteiger partial charge >= 0.3 is 0 Å². The number of hydrogen-bond donors (Lipinski definition) is 0. The maximum Gasteiger partial charge on any atom is 0.216 e. The van der Waals surface area contributed by atoms with Crippen molar-refractivity contribution < 1.29 is 9.63 Å². The Hall–Kier alpha value is -1.19. The molecule has 0 spiro atoms. The fourth-order valence-corrected chi connectivity index (χ4v) is 0.896. The molecule has 0 heterocycles. The summed E-state index contributed by atoms with van der Waals surface area (Å²) >= 11 is 0. The molecule has 0 saturated carbocycles. The summed E-state index contributed by atoms with van der Waals surface area (Å²) in [6.45, 7) is 0.659. The molecule has 0 amide bonds. The number of nitrogens with zero attached hydrogens (tertiary/aromatic N) is 1. The van der Waals surface area contributed by atoms with Gasteiger partial charge in [-0.2, -0.15) is 5.06 Å². The number of likely N-dealkylation sites (N-methyl/N-ethyl adjacent to an activating group) is 1. The number of rotatable bonds is 5. The first kappa shape index (κ1) is 9.89. The van der Waals surface area contributed by atoms with Gasteiger partial charge in [0.05, 0.1) is 13.2 Å². The van der Waals surface area contributed by atoms with Crippen LogP contribution in [-0.2, 0) is 16.2 Å². The maximum atomic E-state index is 9.98. The molecule has 1 radical (unpaired) electrons. The van der Waals surface area contributed by atoms with E-state index in [0.29, 0.717) is 6.61 Å². The predicted molar refractivity (Wildman–Crippen MR) is 49.6 cm³/mol. The lowest BCUT2D eigenvalue weighted by atomic mass is 10.2. The van der Waals surface area contributed by atoms with E-state index in [4.69, 9.17) is 4.84 Å². The molecule has 0 aliphatic carbocycles. The van der Waals surface area contributed by atoms with Crippen molar-refractivity contribution in [2.45, 2.75) is 6.61 Å². The highest BCUT2D eigenvalue weighted by Gasteiger charge is 1.97. The summed E-state index contributed by atoms with van der Waals surface area (Å²) in [6, 6.07) is 9.79. The smallest absolute Gasteiger partial charge is 0.216 e. The predicted octanol–water partition coefficient (Wildman–Crippen LogP) is 1.16. The Kier molecular flexibility index (Phi) is 4.15. The fraction of sp³-hybridized carbons (Fsp3) is 0.300. The van der Waals surface area contributed by atoms with Crippen LogP contribution in [0.5, 0.6) is 0 Å². The van der Waals surface area contributed by atoms with Crippen molar-refractivity contribution in [3.05, 3.63) is 35.9 Å². The molecule has 0 aromatic heterocycles. The maximum absolute atomic E-state index is 9.98. The van der Waals surface area contributed by atoms with E-state index in [0.717, 1.165) is 5.56 Å². The van der Waals surface area contributed by atoms with Gasteiger partial charge in [0.2, 0.25) is 6.29 Å². The van der Waals surface area contributed by atoms with Crippen LogP contribution in [0.3, 0.4) is 0 Å². The molecule has 0 saturated heterocycles. The van der Waals surface area contributed by atoms with Crippen molar-refractivity contribution in [3.63, 3.8) is 0 Å². The van der Waals surface area contributed by atoms with Crippen LogP contribution in [-0.4, -0.2) is 24.9 Å². The van der Waals surface area contributed by atoms with Gasteiger partial charge in [0.15, 0.2) is 0 Å². The van der Waals surface area contributed by atoms with Crippen molar-refractivity contribution in [1.82, 2.24) is 5.06 Å². The topological polar surface area (TPSA) is 29.5 Å². The zero-order valence-electron chi connectivity index (χ0n) is 7.56. The zero-order valence-corrected chi connectivity index (χ0v) is 7.56. The Morgan fingerprint density at radius 2 is 2.08 bits per heavy atom. The van der Waals surface area contributed by atoms with Crippen LogP contribution in [0.1, 0.15) is 5.56 Å². The molecule has 1 aromatic carbocycles. The SMILES string of the molecule is CN(C[C]=O)OCc1ccccc1. The van der Waals surface area contributed by atoms with E-state index in [9.17, 15) is 4.79 Å². The first-order valence-electron chi connectivity index (χ1n) is 4.06. The average Bonchev–Trinajstić information content (AvgIpc) is 2.17. The molecule has 0 unspecified atom stereocenters. The first-order valence-corrected chi connectivity index (χ1v) is 4.06. The molecule has 69 valence electrons. The molecule has 3 nitrogen and oxygen atoms in total. The Morgan fingerprint density at radius 1 is 1.38 bits per heavy atom. The third kappa shape index (κ3) is 3.83. The number of benzene rings is 1. The van der Waals surface area contributed by atoms with Gasteiger partial charge in [-0.25, -0.2) is 0 Å². The molecule has 13 heavy (non-hydrogen) atoms. The van der Waals surface area contributed by atoms with E-state index in [-0.39, 0.29) is 6.54 Å². The second kappa shape index (κ2) is 5.45. The van der Waals surface area contributed by atoms with E-state index in [1.807, 2.05) is 30.3 Å². The van der Waals surface area contributed by atoms with Gasteiger partial charge in [-0.15, -0.1) is 0 Å². The van der Waals surface area contributed by atoms with E-state index >= 15 is 0 Å². The summed E-state index contributed by atoms with van der Waals surface area (Å²) in [5.41, 5.74) is 1.08. The molecular formula is C10H12NO2. The van der Waals surface area contributed by atoms with Crippen molar-refractivity contribution in [2.75, 3.05) is 13.6 Å². The number of carbonyl (C=O) groups excluding carboxylic acids is 1. The minimum Gasteiger partial charge on any atom is -0.294 e. The third-order valence-corrected chi connectivity index (χ3v) is 1.58. The summed E-state index contributed by atoms with van der Waals surface area (Å²) in [5, 5.41) is 1.46. The van der Waals surface area contributed by atoms with E-state index in [1.54, 1.807) is 13.3 Å². The van der Waals surface area contributed by atoms with E-state index in [1.165, 1.54) is 5.06 Å². The molecule has 1 rings (SSSR count). The zero-order chi connectivity index (χ0) is 9.52. The minimum atomic E-state index is 0.173. The normalized spacial score (nSPS) is 10.3. The van der Waals surface area contributed by atoms with Crippen LogP contribution in [0.2, 0.25) is 0 Å². The van der Waals surface area contributed by atoms with Crippen molar-refractivity contribution in [3.8, 4) is 0 Å². The summed E-state index contributed by atoms with van der Waals surface area (Å²) in [6.07, 6.45) is 1.75. The van der Waals surface area contributed by atoms with Crippen LogP contribution in [0.15, 0.2) is 30.3 Å². The van der Waals surface area contributed by atoms with E-state index < -0.39 is 0 Å². The molecule has 0 bridgehead atoms. The monoisotopic (exact) mass is 178 g/mol. The van der Waals surface area contributed by atoms with Crippen molar-refractivity contribution in [2.24, 2.45) is 0 Å². The Bertz CT molecular complexity index is 248. The molecule has 1 aromatic rings. The Morgan fingerprint density at radius 3 is 2.69 bits per heavy atom. The highest BCUT2D eigenvalue weighted by atomic mass is 16.7. The van der Waals surface area contributed by atoms with E-state index in [2.05, 4.69) is 0 Å². The lowest BCUT2D eigenvalue weighted by Gasteiger charge is -2.12. The highest BCUT2D eigenvalue weighted by molar-refractivity contribution is 5.52. The minimum absolute atomic E-state index is 0.173. The van der Waals surface area contributed by atoms with Gasteiger partial charge in [0, 0.05) is 7.05 Å². The lowest BCUT2D eigenvalue weighted by Crippen LogP contribution is -2.20. The molecule has 0 N–H and O–H groups in total. The summed E-state index contributed by atoms with van der Waals surface area (Å²) < 4.78 is 0. The van der Waals surface area contributed by atoms with Gasteiger partial charge in [-0.3, -0.25) is 9.63 Å². The quantitative estimate of drug-likeness (QED) is 0.634. The summed E-state index contributed by atoms with van der Waals surface area (Å²) in [5.74, 6) is 0. The van der Waals surface area contributed by atoms with Crippen LogP contribution in [0, 0.1) is 0 Å². The fourth-order valence-electron chi connectivity index (χ4n) is 0.896. The third-order valence-electron chi connectivity index (χ3n) is 1.58. The molecule has 3 heteroatoms. The largest absolute Gasteiger partial charge is 0.294 e.